The Hall–Kier alpha value is -0.560. The van der Waals surface area contributed by atoms with Crippen molar-refractivity contribution < 1.29 is 4.74 Å². The predicted octanol–water partition coefficient (Wildman–Crippen LogP) is 0.708. The van der Waals surface area contributed by atoms with Crippen molar-refractivity contribution in [3.8, 4) is 12.3 Å². The largest absolute Gasteiger partial charge is 0.376 e. The first-order chi connectivity index (χ1) is 7.27. The fraction of sp³-hybridized carbons (Fsp3) is 0.833. The van der Waals surface area contributed by atoms with Crippen molar-refractivity contribution in [2.45, 2.75) is 32.4 Å². The Bertz CT molecular complexity index is 212. The highest BCUT2D eigenvalue weighted by Gasteiger charge is 2.24. The average molecular weight is 210 g/mol. The van der Waals surface area contributed by atoms with E-state index in [4.69, 9.17) is 11.2 Å². The fourth-order valence-corrected chi connectivity index (χ4v) is 1.95. The number of ether oxygens (including phenoxy) is 1. The first kappa shape index (κ1) is 12.5. The first-order valence-electron chi connectivity index (χ1n) is 5.77. The molecular weight excluding hydrogens is 188 g/mol. The molecule has 1 N–H and O–H groups in total. The van der Waals surface area contributed by atoms with Crippen LogP contribution in [0.5, 0.6) is 0 Å². The molecule has 0 radical (unpaired) electrons. The van der Waals surface area contributed by atoms with Gasteiger partial charge in [0.2, 0.25) is 0 Å². The van der Waals surface area contributed by atoms with Gasteiger partial charge in [0.1, 0.15) is 0 Å². The molecule has 1 aliphatic heterocycles. The van der Waals surface area contributed by atoms with Gasteiger partial charge in [0.25, 0.3) is 0 Å². The van der Waals surface area contributed by atoms with Crippen LogP contribution in [-0.2, 0) is 4.74 Å². The molecule has 0 aromatic heterocycles. The van der Waals surface area contributed by atoms with E-state index < -0.39 is 0 Å². The Balaban J connectivity index is 2.26. The zero-order valence-corrected chi connectivity index (χ0v) is 9.83. The maximum atomic E-state index is 5.64. The van der Waals surface area contributed by atoms with E-state index in [9.17, 15) is 0 Å². The highest BCUT2D eigenvalue weighted by Crippen LogP contribution is 2.13. The van der Waals surface area contributed by atoms with Gasteiger partial charge >= 0.3 is 0 Å². The number of rotatable bonds is 5. The fourth-order valence-electron chi connectivity index (χ4n) is 1.95. The second kappa shape index (κ2) is 6.84. The summed E-state index contributed by atoms with van der Waals surface area (Å²) in [5, 5.41) is 3.22. The molecule has 3 heteroatoms. The van der Waals surface area contributed by atoms with Crippen LogP contribution in [0, 0.1) is 12.3 Å². The van der Waals surface area contributed by atoms with Gasteiger partial charge in [-0.2, -0.15) is 0 Å². The third-order valence-electron chi connectivity index (χ3n) is 2.86. The van der Waals surface area contributed by atoms with Gasteiger partial charge in [0.15, 0.2) is 0 Å². The molecule has 0 saturated carbocycles. The highest BCUT2D eigenvalue weighted by molar-refractivity contribution is 4.87. The second-order valence-electron chi connectivity index (χ2n) is 4.08. The number of hydrogen-bond acceptors (Lipinski definition) is 3. The summed E-state index contributed by atoms with van der Waals surface area (Å²) in [7, 11) is 0. The summed E-state index contributed by atoms with van der Waals surface area (Å²) in [5.74, 6) is 2.59. The SMILES string of the molecule is C#CCNCCN1CC(C)OCC1CC. The molecular formula is C12H22N2O. The van der Waals surface area contributed by atoms with Gasteiger partial charge in [0, 0.05) is 25.7 Å². The first-order valence-corrected chi connectivity index (χ1v) is 5.77. The van der Waals surface area contributed by atoms with Crippen LogP contribution in [-0.4, -0.2) is 49.8 Å². The van der Waals surface area contributed by atoms with Crippen molar-refractivity contribution >= 4 is 0 Å². The molecule has 1 saturated heterocycles. The molecule has 0 spiro atoms. The summed E-state index contributed by atoms with van der Waals surface area (Å²) in [4.78, 5) is 2.50. The lowest BCUT2D eigenvalue weighted by Gasteiger charge is -2.38. The van der Waals surface area contributed by atoms with Gasteiger partial charge < -0.3 is 10.1 Å². The van der Waals surface area contributed by atoms with E-state index in [2.05, 4.69) is 30.0 Å². The number of nitrogens with zero attached hydrogens (tertiary/aromatic N) is 1. The maximum Gasteiger partial charge on any atom is 0.0674 e. The van der Waals surface area contributed by atoms with Crippen LogP contribution >= 0.6 is 0 Å². The molecule has 15 heavy (non-hydrogen) atoms. The maximum absolute atomic E-state index is 5.64. The number of morpholine rings is 1. The van der Waals surface area contributed by atoms with Gasteiger partial charge in [-0.25, -0.2) is 0 Å². The standard InChI is InChI=1S/C12H22N2O/c1-4-6-13-7-8-14-9-11(3)15-10-12(14)5-2/h1,11-13H,5-10H2,2-3H3. The monoisotopic (exact) mass is 210 g/mol. The minimum absolute atomic E-state index is 0.362. The topological polar surface area (TPSA) is 24.5 Å². The Morgan fingerprint density at radius 1 is 1.60 bits per heavy atom. The van der Waals surface area contributed by atoms with E-state index in [0.29, 0.717) is 18.7 Å². The second-order valence-corrected chi connectivity index (χ2v) is 4.08. The number of hydrogen-bond donors (Lipinski definition) is 1. The quantitative estimate of drug-likeness (QED) is 0.534. The zero-order valence-electron chi connectivity index (χ0n) is 9.83. The molecule has 0 aromatic carbocycles. The molecule has 86 valence electrons. The van der Waals surface area contributed by atoms with Crippen molar-refractivity contribution in [3.63, 3.8) is 0 Å². The van der Waals surface area contributed by atoms with Crippen molar-refractivity contribution in [2.24, 2.45) is 0 Å². The minimum Gasteiger partial charge on any atom is -0.376 e. The van der Waals surface area contributed by atoms with Crippen LogP contribution in [0.1, 0.15) is 20.3 Å². The predicted molar refractivity (Wildman–Crippen MR) is 62.8 cm³/mol. The summed E-state index contributed by atoms with van der Waals surface area (Å²) >= 11 is 0. The summed E-state index contributed by atoms with van der Waals surface area (Å²) in [6.45, 7) is 8.95. The molecule has 0 amide bonds. The third kappa shape index (κ3) is 4.21. The summed E-state index contributed by atoms with van der Waals surface area (Å²) in [6.07, 6.45) is 6.69. The van der Waals surface area contributed by atoms with Crippen LogP contribution in [0.15, 0.2) is 0 Å². The van der Waals surface area contributed by atoms with E-state index in [1.807, 2.05) is 0 Å². The lowest BCUT2D eigenvalue weighted by molar-refractivity contribution is -0.0550. The lowest BCUT2D eigenvalue weighted by atomic mass is 10.1. The summed E-state index contributed by atoms with van der Waals surface area (Å²) in [5.41, 5.74) is 0. The molecule has 1 rings (SSSR count). The molecule has 2 unspecified atom stereocenters. The summed E-state index contributed by atoms with van der Waals surface area (Å²) in [6, 6.07) is 0.578. The Kier molecular flexibility index (Phi) is 5.70. The summed E-state index contributed by atoms with van der Waals surface area (Å²) < 4.78 is 5.64. The normalized spacial score (nSPS) is 27.5. The van der Waals surface area contributed by atoms with Crippen molar-refractivity contribution in [1.29, 1.82) is 0 Å². The van der Waals surface area contributed by atoms with Crippen LogP contribution < -0.4 is 5.32 Å². The van der Waals surface area contributed by atoms with E-state index in [1.54, 1.807) is 0 Å². The van der Waals surface area contributed by atoms with Crippen molar-refractivity contribution in [1.82, 2.24) is 10.2 Å². The molecule has 1 aliphatic rings. The van der Waals surface area contributed by atoms with Gasteiger partial charge in [-0.05, 0) is 13.3 Å². The van der Waals surface area contributed by atoms with Crippen LogP contribution in [0.25, 0.3) is 0 Å². The number of terminal acetylenes is 1. The van der Waals surface area contributed by atoms with Gasteiger partial charge in [-0.15, -0.1) is 6.42 Å². The van der Waals surface area contributed by atoms with E-state index in [-0.39, 0.29) is 0 Å². The Morgan fingerprint density at radius 2 is 2.40 bits per heavy atom. The molecule has 0 aliphatic carbocycles. The molecule has 2 atom stereocenters. The minimum atomic E-state index is 0.362. The number of nitrogens with one attached hydrogen (secondary N) is 1. The van der Waals surface area contributed by atoms with Crippen LogP contribution in [0.2, 0.25) is 0 Å². The van der Waals surface area contributed by atoms with Crippen LogP contribution in [0.4, 0.5) is 0 Å². The average Bonchev–Trinajstić information content (AvgIpc) is 2.25. The Morgan fingerprint density at radius 3 is 3.07 bits per heavy atom. The molecule has 0 bridgehead atoms. The molecule has 3 nitrogen and oxygen atoms in total. The van der Waals surface area contributed by atoms with Crippen LogP contribution in [0.3, 0.4) is 0 Å². The van der Waals surface area contributed by atoms with E-state index >= 15 is 0 Å². The molecule has 0 aromatic rings. The Labute approximate surface area is 93.2 Å². The third-order valence-corrected chi connectivity index (χ3v) is 2.86. The van der Waals surface area contributed by atoms with E-state index in [1.165, 1.54) is 0 Å². The van der Waals surface area contributed by atoms with Gasteiger partial charge in [-0.1, -0.05) is 12.8 Å². The lowest BCUT2D eigenvalue weighted by Crippen LogP contribution is -2.50. The van der Waals surface area contributed by atoms with Crippen molar-refractivity contribution in [2.75, 3.05) is 32.8 Å². The smallest absolute Gasteiger partial charge is 0.0674 e. The zero-order chi connectivity index (χ0) is 11.1. The molecule has 1 heterocycles. The van der Waals surface area contributed by atoms with Gasteiger partial charge in [-0.3, -0.25) is 4.90 Å². The van der Waals surface area contributed by atoms with E-state index in [0.717, 1.165) is 32.7 Å². The van der Waals surface area contributed by atoms with Gasteiger partial charge in [0.05, 0.1) is 19.3 Å². The highest BCUT2D eigenvalue weighted by atomic mass is 16.5. The molecule has 1 fully saturated rings. The van der Waals surface area contributed by atoms with Crippen molar-refractivity contribution in [3.05, 3.63) is 0 Å².